The van der Waals surface area contributed by atoms with Crippen LogP contribution in [0.5, 0.6) is 0 Å². The maximum atomic E-state index is 5.82. The fourth-order valence-electron chi connectivity index (χ4n) is 2.47. The summed E-state index contributed by atoms with van der Waals surface area (Å²) in [4.78, 5) is 2.35. The van der Waals surface area contributed by atoms with Crippen LogP contribution in [0.15, 0.2) is 28.7 Å². The zero-order valence-electron chi connectivity index (χ0n) is 12.0. The number of nitrogens with two attached hydrogens (primary N) is 1. The SMILES string of the molecule is CCCCCN(C)Cc1c(CN)oc2ccccc12. The molecule has 2 aromatic rings. The van der Waals surface area contributed by atoms with E-state index < -0.39 is 0 Å². The van der Waals surface area contributed by atoms with E-state index >= 15 is 0 Å². The Hall–Kier alpha value is -1.32. The predicted octanol–water partition coefficient (Wildman–Crippen LogP) is 3.51. The molecule has 19 heavy (non-hydrogen) atoms. The number of unbranched alkanes of at least 4 members (excludes halogenated alkanes) is 2. The smallest absolute Gasteiger partial charge is 0.134 e. The molecule has 104 valence electrons. The average Bonchev–Trinajstić information content (AvgIpc) is 2.77. The highest BCUT2D eigenvalue weighted by molar-refractivity contribution is 5.82. The summed E-state index contributed by atoms with van der Waals surface area (Å²) in [5.41, 5.74) is 7.99. The lowest BCUT2D eigenvalue weighted by Crippen LogP contribution is -2.20. The Kier molecular flexibility index (Phi) is 5.00. The third kappa shape index (κ3) is 3.37. The molecule has 2 N–H and O–H groups in total. The Labute approximate surface area is 115 Å². The highest BCUT2D eigenvalue weighted by Gasteiger charge is 2.14. The van der Waals surface area contributed by atoms with Crippen LogP contribution in [0.1, 0.15) is 37.5 Å². The second-order valence-corrected chi connectivity index (χ2v) is 5.15. The molecule has 1 aromatic heterocycles. The minimum atomic E-state index is 0.465. The van der Waals surface area contributed by atoms with Gasteiger partial charge in [-0.2, -0.15) is 0 Å². The Morgan fingerprint density at radius 3 is 2.74 bits per heavy atom. The fraction of sp³-hybridized carbons (Fsp3) is 0.500. The highest BCUT2D eigenvalue weighted by Crippen LogP contribution is 2.26. The van der Waals surface area contributed by atoms with Gasteiger partial charge in [-0.1, -0.05) is 38.0 Å². The lowest BCUT2D eigenvalue weighted by Gasteiger charge is -2.16. The molecule has 0 atom stereocenters. The number of para-hydroxylation sites is 1. The van der Waals surface area contributed by atoms with Gasteiger partial charge in [0.1, 0.15) is 11.3 Å². The summed E-state index contributed by atoms with van der Waals surface area (Å²) < 4.78 is 5.82. The van der Waals surface area contributed by atoms with Crippen molar-refractivity contribution in [1.82, 2.24) is 4.90 Å². The molecule has 3 heteroatoms. The molecule has 0 unspecified atom stereocenters. The molecule has 3 nitrogen and oxygen atoms in total. The lowest BCUT2D eigenvalue weighted by atomic mass is 10.1. The zero-order valence-corrected chi connectivity index (χ0v) is 12.0. The molecule has 2 rings (SSSR count). The van der Waals surface area contributed by atoms with E-state index in [4.69, 9.17) is 10.2 Å². The molecule has 0 bridgehead atoms. The number of fused-ring (bicyclic) bond motifs is 1. The molecule has 1 aromatic carbocycles. The van der Waals surface area contributed by atoms with Crippen molar-refractivity contribution in [3.63, 3.8) is 0 Å². The second-order valence-electron chi connectivity index (χ2n) is 5.15. The largest absolute Gasteiger partial charge is 0.459 e. The third-order valence-corrected chi connectivity index (χ3v) is 3.54. The number of benzene rings is 1. The van der Waals surface area contributed by atoms with E-state index in [1.807, 2.05) is 12.1 Å². The number of rotatable bonds is 7. The van der Waals surface area contributed by atoms with Gasteiger partial charge in [0, 0.05) is 17.5 Å². The summed E-state index contributed by atoms with van der Waals surface area (Å²) >= 11 is 0. The van der Waals surface area contributed by atoms with E-state index in [1.54, 1.807) is 0 Å². The van der Waals surface area contributed by atoms with Gasteiger partial charge in [0.25, 0.3) is 0 Å². The maximum absolute atomic E-state index is 5.82. The summed E-state index contributed by atoms with van der Waals surface area (Å²) in [5.74, 6) is 0.920. The summed E-state index contributed by atoms with van der Waals surface area (Å²) in [5, 5.41) is 1.20. The van der Waals surface area contributed by atoms with Gasteiger partial charge in [-0.25, -0.2) is 0 Å². The Morgan fingerprint density at radius 2 is 2.00 bits per heavy atom. The van der Waals surface area contributed by atoms with Gasteiger partial charge >= 0.3 is 0 Å². The molecule has 1 heterocycles. The first-order valence-corrected chi connectivity index (χ1v) is 7.14. The highest BCUT2D eigenvalue weighted by atomic mass is 16.3. The van der Waals surface area contributed by atoms with Gasteiger partial charge in [-0.15, -0.1) is 0 Å². The predicted molar refractivity (Wildman–Crippen MR) is 80.0 cm³/mol. The van der Waals surface area contributed by atoms with Crippen molar-refractivity contribution < 1.29 is 4.42 Å². The zero-order chi connectivity index (χ0) is 13.7. The van der Waals surface area contributed by atoms with Crippen LogP contribution in [0.25, 0.3) is 11.0 Å². The van der Waals surface area contributed by atoms with Crippen LogP contribution in [0.3, 0.4) is 0 Å². The van der Waals surface area contributed by atoms with Crippen molar-refractivity contribution in [2.75, 3.05) is 13.6 Å². The number of hydrogen-bond acceptors (Lipinski definition) is 3. The summed E-state index contributed by atoms with van der Waals surface area (Å²) in [6.45, 7) is 4.73. The molecule has 0 saturated carbocycles. The lowest BCUT2D eigenvalue weighted by molar-refractivity contribution is 0.316. The summed E-state index contributed by atoms with van der Waals surface area (Å²) in [6, 6.07) is 8.18. The number of furan rings is 1. The van der Waals surface area contributed by atoms with E-state index in [2.05, 4.69) is 31.0 Å². The Bertz CT molecular complexity index is 518. The van der Waals surface area contributed by atoms with Gasteiger partial charge in [0.15, 0.2) is 0 Å². The Balaban J connectivity index is 2.14. The van der Waals surface area contributed by atoms with E-state index in [9.17, 15) is 0 Å². The van der Waals surface area contributed by atoms with Gasteiger partial charge in [0.05, 0.1) is 6.54 Å². The van der Waals surface area contributed by atoms with E-state index in [-0.39, 0.29) is 0 Å². The normalized spacial score (nSPS) is 11.6. The molecule has 0 aliphatic heterocycles. The van der Waals surface area contributed by atoms with Crippen LogP contribution < -0.4 is 5.73 Å². The first-order valence-electron chi connectivity index (χ1n) is 7.14. The molecule has 0 fully saturated rings. The standard InChI is InChI=1S/C16H24N2O/c1-3-4-7-10-18(2)12-14-13-8-5-6-9-15(13)19-16(14)11-17/h5-6,8-9H,3-4,7,10-12,17H2,1-2H3. The maximum Gasteiger partial charge on any atom is 0.134 e. The molecule has 0 spiro atoms. The molecular formula is C16H24N2O. The van der Waals surface area contributed by atoms with Crippen molar-refractivity contribution in [3.8, 4) is 0 Å². The number of hydrogen-bond donors (Lipinski definition) is 1. The average molecular weight is 260 g/mol. The summed E-state index contributed by atoms with van der Waals surface area (Å²) in [6.07, 6.45) is 3.80. The quantitative estimate of drug-likeness (QED) is 0.775. The summed E-state index contributed by atoms with van der Waals surface area (Å²) in [7, 11) is 2.16. The van der Waals surface area contributed by atoms with E-state index in [1.165, 1.54) is 30.2 Å². The minimum absolute atomic E-state index is 0.465. The van der Waals surface area contributed by atoms with Gasteiger partial charge in [0.2, 0.25) is 0 Å². The van der Waals surface area contributed by atoms with Crippen LogP contribution in [0.2, 0.25) is 0 Å². The molecule has 0 aliphatic carbocycles. The van der Waals surface area contributed by atoms with Crippen LogP contribution in [-0.4, -0.2) is 18.5 Å². The van der Waals surface area contributed by atoms with Gasteiger partial charge < -0.3 is 15.1 Å². The second kappa shape index (κ2) is 6.73. The van der Waals surface area contributed by atoms with Gasteiger partial charge in [-0.3, -0.25) is 0 Å². The van der Waals surface area contributed by atoms with E-state index in [0.29, 0.717) is 6.54 Å². The first kappa shape index (κ1) is 14.1. The van der Waals surface area contributed by atoms with Crippen molar-refractivity contribution in [3.05, 3.63) is 35.6 Å². The van der Waals surface area contributed by atoms with E-state index in [0.717, 1.165) is 24.4 Å². The molecule has 0 aliphatic rings. The van der Waals surface area contributed by atoms with Crippen molar-refractivity contribution in [1.29, 1.82) is 0 Å². The monoisotopic (exact) mass is 260 g/mol. The van der Waals surface area contributed by atoms with Crippen LogP contribution >= 0.6 is 0 Å². The third-order valence-electron chi connectivity index (χ3n) is 3.54. The molecule has 0 saturated heterocycles. The van der Waals surface area contributed by atoms with Gasteiger partial charge in [-0.05, 0) is 26.1 Å². The van der Waals surface area contributed by atoms with Crippen molar-refractivity contribution >= 4 is 11.0 Å². The van der Waals surface area contributed by atoms with Crippen molar-refractivity contribution in [2.24, 2.45) is 5.73 Å². The van der Waals surface area contributed by atoms with Crippen LogP contribution in [0, 0.1) is 0 Å². The molecular weight excluding hydrogens is 236 g/mol. The first-order chi connectivity index (χ1) is 9.26. The number of nitrogens with zero attached hydrogens (tertiary/aromatic N) is 1. The van der Waals surface area contributed by atoms with Crippen LogP contribution in [0.4, 0.5) is 0 Å². The molecule has 0 amide bonds. The molecule has 0 radical (unpaired) electrons. The van der Waals surface area contributed by atoms with Crippen LogP contribution in [-0.2, 0) is 13.1 Å². The Morgan fingerprint density at radius 1 is 1.21 bits per heavy atom. The fourth-order valence-corrected chi connectivity index (χ4v) is 2.47. The van der Waals surface area contributed by atoms with Crippen molar-refractivity contribution in [2.45, 2.75) is 39.3 Å². The minimum Gasteiger partial charge on any atom is -0.459 e. The topological polar surface area (TPSA) is 42.4 Å².